The van der Waals surface area contributed by atoms with E-state index in [1.54, 1.807) is 25.3 Å². The number of methoxy groups -OCH3 is 1. The molecule has 0 aliphatic carbocycles. The van der Waals surface area contributed by atoms with E-state index in [1.807, 2.05) is 6.92 Å². The van der Waals surface area contributed by atoms with Crippen molar-refractivity contribution in [2.75, 3.05) is 7.11 Å². The number of oxazole rings is 1. The maximum Gasteiger partial charge on any atom is 0.373 e. The Morgan fingerprint density at radius 2 is 2.26 bits per heavy atom. The summed E-state index contributed by atoms with van der Waals surface area (Å²) < 4.78 is 11.2. The number of hydrogen-bond acceptors (Lipinski definition) is 4. The second kappa shape index (κ2) is 5.44. The molecule has 6 heteroatoms. The van der Waals surface area contributed by atoms with Crippen molar-refractivity contribution in [2.45, 2.75) is 13.3 Å². The Balaban J connectivity index is 2.47. The van der Waals surface area contributed by atoms with Crippen LogP contribution >= 0.6 is 15.9 Å². The van der Waals surface area contributed by atoms with E-state index in [0.717, 1.165) is 4.47 Å². The minimum Gasteiger partial charge on any atom is -0.496 e. The minimum absolute atomic E-state index is 0.107. The smallest absolute Gasteiger partial charge is 0.373 e. The highest BCUT2D eigenvalue weighted by molar-refractivity contribution is 9.10. The molecule has 0 saturated carbocycles. The van der Waals surface area contributed by atoms with E-state index in [0.29, 0.717) is 23.4 Å². The van der Waals surface area contributed by atoms with Crippen molar-refractivity contribution in [1.29, 1.82) is 0 Å². The Bertz CT molecular complexity index is 621. The van der Waals surface area contributed by atoms with Crippen LogP contribution in [0.4, 0.5) is 0 Å². The number of carboxylic acid groups (broad SMARTS) is 1. The van der Waals surface area contributed by atoms with E-state index in [9.17, 15) is 4.79 Å². The number of benzene rings is 1. The standard InChI is InChI=1S/C13H12BrNO4/c1-3-9-11(13(16)17)19-12(15-9)7-4-5-10(18-2)8(14)6-7/h4-6H,3H2,1-2H3,(H,16,17). The number of aryl methyl sites for hydroxylation is 1. The molecule has 1 aromatic carbocycles. The van der Waals surface area contributed by atoms with Gasteiger partial charge in [-0.2, -0.15) is 0 Å². The highest BCUT2D eigenvalue weighted by atomic mass is 79.9. The topological polar surface area (TPSA) is 72.6 Å². The third-order valence-corrected chi connectivity index (χ3v) is 3.24. The number of ether oxygens (including phenoxy) is 1. The van der Waals surface area contributed by atoms with E-state index < -0.39 is 5.97 Å². The van der Waals surface area contributed by atoms with Crippen LogP contribution < -0.4 is 4.74 Å². The van der Waals surface area contributed by atoms with Crippen LogP contribution in [0.1, 0.15) is 23.2 Å². The number of nitrogens with zero attached hydrogens (tertiary/aromatic N) is 1. The summed E-state index contributed by atoms with van der Waals surface area (Å²) in [5, 5.41) is 9.03. The zero-order valence-corrected chi connectivity index (χ0v) is 12.0. The maximum atomic E-state index is 11.0. The summed E-state index contributed by atoms with van der Waals surface area (Å²) in [6.07, 6.45) is 0.502. The van der Waals surface area contributed by atoms with Crippen molar-refractivity contribution in [3.63, 3.8) is 0 Å². The largest absolute Gasteiger partial charge is 0.496 e. The third kappa shape index (κ3) is 2.63. The van der Waals surface area contributed by atoms with Gasteiger partial charge >= 0.3 is 5.97 Å². The fourth-order valence-corrected chi connectivity index (χ4v) is 2.22. The molecule has 0 radical (unpaired) electrons. The van der Waals surface area contributed by atoms with Gasteiger partial charge in [-0.1, -0.05) is 6.92 Å². The summed E-state index contributed by atoms with van der Waals surface area (Å²) in [6.45, 7) is 1.83. The minimum atomic E-state index is -1.11. The van der Waals surface area contributed by atoms with E-state index >= 15 is 0 Å². The van der Waals surface area contributed by atoms with E-state index in [-0.39, 0.29) is 11.7 Å². The molecule has 1 heterocycles. The molecule has 0 aliphatic rings. The molecule has 1 N–H and O–H groups in total. The molecular weight excluding hydrogens is 314 g/mol. The zero-order chi connectivity index (χ0) is 14.0. The van der Waals surface area contributed by atoms with Gasteiger partial charge in [-0.3, -0.25) is 0 Å². The molecule has 100 valence electrons. The Kier molecular flexibility index (Phi) is 3.90. The highest BCUT2D eigenvalue weighted by Crippen LogP contribution is 2.31. The number of carboxylic acids is 1. The van der Waals surface area contributed by atoms with E-state index in [1.165, 1.54) is 0 Å². The average Bonchev–Trinajstić information content (AvgIpc) is 2.83. The van der Waals surface area contributed by atoms with Crippen LogP contribution in [0.2, 0.25) is 0 Å². The second-order valence-electron chi connectivity index (χ2n) is 3.80. The van der Waals surface area contributed by atoms with Gasteiger partial charge in [-0.15, -0.1) is 0 Å². The lowest BCUT2D eigenvalue weighted by Gasteiger charge is -2.03. The fourth-order valence-electron chi connectivity index (χ4n) is 1.68. The fraction of sp³-hybridized carbons (Fsp3) is 0.231. The lowest BCUT2D eigenvalue weighted by atomic mass is 10.2. The molecule has 0 atom stereocenters. The Labute approximate surface area is 118 Å². The van der Waals surface area contributed by atoms with Gasteiger partial charge in [0.25, 0.3) is 0 Å². The zero-order valence-electron chi connectivity index (χ0n) is 10.4. The molecule has 19 heavy (non-hydrogen) atoms. The van der Waals surface area contributed by atoms with Gasteiger partial charge in [-0.05, 0) is 40.5 Å². The first-order valence-electron chi connectivity index (χ1n) is 5.63. The lowest BCUT2D eigenvalue weighted by molar-refractivity contribution is 0.0662. The number of hydrogen-bond donors (Lipinski definition) is 1. The first kappa shape index (κ1) is 13.6. The van der Waals surface area contributed by atoms with Crippen LogP contribution in [0, 0.1) is 0 Å². The predicted octanol–water partition coefficient (Wildman–Crippen LogP) is 3.37. The first-order valence-corrected chi connectivity index (χ1v) is 6.43. The van der Waals surface area contributed by atoms with Crippen LogP contribution in [0.25, 0.3) is 11.5 Å². The van der Waals surface area contributed by atoms with Gasteiger partial charge in [0, 0.05) is 5.56 Å². The lowest BCUT2D eigenvalue weighted by Crippen LogP contribution is -1.98. The molecule has 0 fully saturated rings. The molecule has 0 saturated heterocycles. The molecule has 0 spiro atoms. The van der Waals surface area contributed by atoms with Crippen molar-refractivity contribution in [2.24, 2.45) is 0 Å². The van der Waals surface area contributed by atoms with Crippen molar-refractivity contribution in [3.8, 4) is 17.2 Å². The van der Waals surface area contributed by atoms with Crippen LogP contribution in [0.5, 0.6) is 5.75 Å². The number of aromatic carboxylic acids is 1. The monoisotopic (exact) mass is 325 g/mol. The molecule has 2 rings (SSSR count). The van der Waals surface area contributed by atoms with Gasteiger partial charge < -0.3 is 14.3 Å². The highest BCUT2D eigenvalue weighted by Gasteiger charge is 2.19. The van der Waals surface area contributed by atoms with Crippen molar-refractivity contribution in [3.05, 3.63) is 34.1 Å². The van der Waals surface area contributed by atoms with E-state index in [4.69, 9.17) is 14.3 Å². The van der Waals surface area contributed by atoms with Crippen LogP contribution in [-0.2, 0) is 6.42 Å². The van der Waals surface area contributed by atoms with Gasteiger partial charge in [0.2, 0.25) is 11.7 Å². The Morgan fingerprint density at radius 3 is 2.74 bits per heavy atom. The molecule has 5 nitrogen and oxygen atoms in total. The molecule has 0 bridgehead atoms. The molecule has 0 amide bonds. The normalized spacial score (nSPS) is 10.5. The number of halogens is 1. The summed E-state index contributed by atoms with van der Waals surface area (Å²) in [4.78, 5) is 15.2. The van der Waals surface area contributed by atoms with Crippen LogP contribution in [0.15, 0.2) is 27.1 Å². The Morgan fingerprint density at radius 1 is 1.53 bits per heavy atom. The molecule has 0 unspecified atom stereocenters. The molecule has 0 aliphatic heterocycles. The summed E-state index contributed by atoms with van der Waals surface area (Å²) >= 11 is 3.37. The van der Waals surface area contributed by atoms with Gasteiger partial charge in [0.15, 0.2) is 0 Å². The maximum absolute atomic E-state index is 11.0. The van der Waals surface area contributed by atoms with Crippen LogP contribution in [-0.4, -0.2) is 23.2 Å². The summed E-state index contributed by atoms with van der Waals surface area (Å²) in [7, 11) is 1.57. The van der Waals surface area contributed by atoms with Crippen molar-refractivity contribution in [1.82, 2.24) is 4.98 Å². The second-order valence-corrected chi connectivity index (χ2v) is 4.66. The number of rotatable bonds is 4. The SMILES string of the molecule is CCc1nc(-c2ccc(OC)c(Br)c2)oc1C(=O)O. The number of aromatic nitrogens is 1. The van der Waals surface area contributed by atoms with E-state index in [2.05, 4.69) is 20.9 Å². The number of carbonyl (C=O) groups is 1. The molecular formula is C13H12BrNO4. The predicted molar refractivity (Wildman–Crippen MR) is 72.5 cm³/mol. The van der Waals surface area contributed by atoms with Crippen molar-refractivity contribution >= 4 is 21.9 Å². The Hall–Kier alpha value is -1.82. The van der Waals surface area contributed by atoms with Gasteiger partial charge in [-0.25, -0.2) is 9.78 Å². The quantitative estimate of drug-likeness (QED) is 0.932. The summed E-state index contributed by atoms with van der Waals surface area (Å²) in [5.41, 5.74) is 1.13. The first-order chi connectivity index (χ1) is 9.06. The molecule has 2 aromatic rings. The summed E-state index contributed by atoms with van der Waals surface area (Å²) in [6, 6.07) is 5.30. The van der Waals surface area contributed by atoms with Crippen LogP contribution in [0.3, 0.4) is 0 Å². The van der Waals surface area contributed by atoms with Gasteiger partial charge in [0.05, 0.1) is 17.3 Å². The summed E-state index contributed by atoms with van der Waals surface area (Å²) in [5.74, 6) is -0.241. The molecule has 1 aromatic heterocycles. The van der Waals surface area contributed by atoms with Crippen molar-refractivity contribution < 1.29 is 19.1 Å². The van der Waals surface area contributed by atoms with Gasteiger partial charge in [0.1, 0.15) is 5.75 Å². The average molecular weight is 326 g/mol. The third-order valence-electron chi connectivity index (χ3n) is 2.63.